The number of Topliss-reactive ketones (excluding diaryl/α,β-unsaturated/α-hetero) is 2. The van der Waals surface area contributed by atoms with E-state index in [4.69, 9.17) is 5.73 Å². The molecular weight excluding hydrogens is 571 g/mol. The molecule has 0 spiro atoms. The fraction of sp³-hybridized carbons (Fsp3) is 0.458. The molecule has 1 amide bonds. The van der Waals surface area contributed by atoms with E-state index >= 15 is 0 Å². The maximum Gasteiger partial charge on any atom is 0.464 e. The zero-order valence-electron chi connectivity index (χ0n) is 20.6. The molecule has 40 heavy (non-hydrogen) atoms. The van der Waals surface area contributed by atoms with Crippen molar-refractivity contribution in [3.05, 3.63) is 46.2 Å². The smallest absolute Gasteiger partial charge is 0.464 e. The van der Waals surface area contributed by atoms with E-state index < -0.39 is 116 Å². The van der Waals surface area contributed by atoms with Gasteiger partial charge in [0.15, 0.2) is 11.4 Å². The number of aliphatic hydroxyl groups excluding tert-OH is 3. The molecule has 16 heteroatoms. The highest BCUT2D eigenvalue weighted by atomic mass is 32.2. The summed E-state index contributed by atoms with van der Waals surface area (Å²) in [6.07, 6.45) is -8.13. The van der Waals surface area contributed by atoms with Crippen LogP contribution in [0, 0.1) is 11.8 Å². The van der Waals surface area contributed by atoms with E-state index in [1.165, 1.54) is 26.2 Å². The number of hydrogen-bond donors (Lipinski definition) is 6. The molecule has 0 aromatic heterocycles. The second kappa shape index (κ2) is 9.43. The third-order valence-electron chi connectivity index (χ3n) is 7.57. The Morgan fingerprint density at radius 3 is 2.25 bits per heavy atom. The number of ketones is 2. The van der Waals surface area contributed by atoms with Gasteiger partial charge in [0.2, 0.25) is 5.78 Å². The number of hydrogen-bond acceptors (Lipinski definition) is 10. The van der Waals surface area contributed by atoms with Crippen LogP contribution < -0.4 is 5.73 Å². The monoisotopic (exact) mass is 594 g/mol. The van der Waals surface area contributed by atoms with Crippen LogP contribution in [0.3, 0.4) is 0 Å². The largest absolute Gasteiger partial charge is 0.508 e. The zero-order chi connectivity index (χ0) is 30.3. The number of nitrogens with zero attached hydrogens (tertiary/aromatic N) is 1. The van der Waals surface area contributed by atoms with Gasteiger partial charge in [-0.25, -0.2) is 0 Å². The minimum atomic E-state index is -5.97. The van der Waals surface area contributed by atoms with Gasteiger partial charge in [-0.05, 0) is 25.7 Å². The number of nitrogens with two attached hydrogens (primary N) is 1. The van der Waals surface area contributed by atoms with Gasteiger partial charge < -0.3 is 31.3 Å². The van der Waals surface area contributed by atoms with Crippen LogP contribution in [0.15, 0.2) is 35.1 Å². The molecule has 0 unspecified atom stereocenters. The van der Waals surface area contributed by atoms with Gasteiger partial charge in [-0.2, -0.15) is 22.0 Å². The molecule has 3 aliphatic carbocycles. The van der Waals surface area contributed by atoms with Gasteiger partial charge in [0.1, 0.15) is 22.8 Å². The third-order valence-corrected chi connectivity index (χ3v) is 8.69. The summed E-state index contributed by atoms with van der Waals surface area (Å²) in [5, 5.41) is 50.2. The molecule has 7 N–H and O–H groups in total. The molecule has 1 aromatic carbocycles. The van der Waals surface area contributed by atoms with Crippen molar-refractivity contribution in [1.82, 2.24) is 4.90 Å². The molecule has 6 atom stereocenters. The number of aliphatic hydroxyl groups is 4. The molecule has 1 aromatic rings. The molecule has 0 radical (unpaired) electrons. The van der Waals surface area contributed by atoms with Crippen LogP contribution in [-0.2, 0) is 14.4 Å². The van der Waals surface area contributed by atoms with E-state index in [1.54, 1.807) is 0 Å². The van der Waals surface area contributed by atoms with Crippen molar-refractivity contribution in [2.75, 3.05) is 19.8 Å². The molecule has 0 saturated heterocycles. The van der Waals surface area contributed by atoms with E-state index in [2.05, 4.69) is 0 Å². The maximum absolute atomic E-state index is 14.0. The second-order valence-electron chi connectivity index (χ2n) is 9.93. The molecule has 3 aliphatic rings. The van der Waals surface area contributed by atoms with E-state index in [0.717, 1.165) is 11.0 Å². The van der Waals surface area contributed by atoms with Gasteiger partial charge in [-0.1, -0.05) is 23.9 Å². The first kappa shape index (κ1) is 29.8. The number of amides is 1. The van der Waals surface area contributed by atoms with Gasteiger partial charge in [-0.3, -0.25) is 19.3 Å². The molecule has 1 fully saturated rings. The van der Waals surface area contributed by atoms with E-state index in [1.807, 2.05) is 0 Å². The summed E-state index contributed by atoms with van der Waals surface area (Å²) in [5.41, 5.74) is -0.860. The molecule has 4 rings (SSSR count). The number of halogens is 5. The Balaban J connectivity index is 2.00. The SMILES string of the molecule is CN(C)[C@@H]1C(=O)C(C(N)=O)=C(O)[C@@]2(O)C(=O)C3=C(O)c4c(O)cccc4[C@H](CSC(F)(F)C(F)(F)F)[C@H]3[C@H](O)[C@@H]12. The Hall–Kier alpha value is -3.21. The van der Waals surface area contributed by atoms with Gasteiger partial charge in [0.25, 0.3) is 5.91 Å². The number of primary amides is 1. The maximum atomic E-state index is 14.0. The van der Waals surface area contributed by atoms with Crippen LogP contribution >= 0.6 is 11.8 Å². The molecule has 218 valence electrons. The van der Waals surface area contributed by atoms with Crippen molar-refractivity contribution in [3.63, 3.8) is 0 Å². The number of benzene rings is 1. The average Bonchev–Trinajstić information content (AvgIpc) is 2.82. The summed E-state index contributed by atoms with van der Waals surface area (Å²) in [6, 6.07) is 1.67. The zero-order valence-corrected chi connectivity index (χ0v) is 21.4. The predicted molar refractivity (Wildman–Crippen MR) is 128 cm³/mol. The molecular formula is C24H23F5N2O8S. The number of likely N-dealkylation sites (N-methyl/N-ethyl adjacent to an activating group) is 1. The lowest BCUT2D eigenvalue weighted by Gasteiger charge is -2.54. The number of phenols is 1. The third kappa shape index (κ3) is 3.99. The highest BCUT2D eigenvalue weighted by Gasteiger charge is 2.69. The van der Waals surface area contributed by atoms with Gasteiger partial charge in [0.05, 0.1) is 23.6 Å². The van der Waals surface area contributed by atoms with Crippen LogP contribution in [-0.4, -0.2) is 96.9 Å². The summed E-state index contributed by atoms with van der Waals surface area (Å²) in [6.45, 7) is 0. The fourth-order valence-electron chi connectivity index (χ4n) is 5.87. The highest BCUT2D eigenvalue weighted by Crippen LogP contribution is 2.58. The van der Waals surface area contributed by atoms with Crippen LogP contribution in [0.1, 0.15) is 17.0 Å². The number of alkyl halides is 5. The normalized spacial score (nSPS) is 30.8. The Kier molecular flexibility index (Phi) is 7.01. The predicted octanol–water partition coefficient (Wildman–Crippen LogP) is 1.36. The van der Waals surface area contributed by atoms with Crippen molar-refractivity contribution in [2.24, 2.45) is 17.6 Å². The Bertz CT molecular complexity index is 1380. The second-order valence-corrected chi connectivity index (χ2v) is 11.1. The number of fused-ring (bicyclic) bond motifs is 3. The number of thioether (sulfide) groups is 1. The summed E-state index contributed by atoms with van der Waals surface area (Å²) >= 11 is -0.864. The topological polar surface area (TPSA) is 182 Å². The summed E-state index contributed by atoms with van der Waals surface area (Å²) in [4.78, 5) is 40.2. The minimum absolute atomic E-state index is 0.199. The molecule has 0 aliphatic heterocycles. The quantitative estimate of drug-likeness (QED) is 0.215. The van der Waals surface area contributed by atoms with E-state index in [0.29, 0.717) is 0 Å². The van der Waals surface area contributed by atoms with Crippen molar-refractivity contribution in [1.29, 1.82) is 0 Å². The van der Waals surface area contributed by atoms with Gasteiger partial charge in [-0.15, -0.1) is 0 Å². The lowest BCUT2D eigenvalue weighted by atomic mass is 9.54. The van der Waals surface area contributed by atoms with Crippen LogP contribution in [0.5, 0.6) is 5.75 Å². The Morgan fingerprint density at radius 2 is 1.73 bits per heavy atom. The number of rotatable bonds is 5. The standard InChI is InChI=1S/C24H23F5N2O8S/c1-31(2)15-14-17(34)11-8(6-40-24(28,29)23(25,26)27)7-4-3-5-9(32)10(7)16(33)12(11)19(36)22(14,39)20(37)13(18(15)35)21(30)38/h3-5,8,11,14-15,17,32-34,37,39H,6H2,1-2H3,(H2,30,38)/t8-,11+,14+,15-,17-,22-/m0/s1. The van der Waals surface area contributed by atoms with Crippen LogP contribution in [0.4, 0.5) is 22.0 Å². The molecule has 10 nitrogen and oxygen atoms in total. The van der Waals surface area contributed by atoms with Crippen molar-refractivity contribution < 1.29 is 61.9 Å². The van der Waals surface area contributed by atoms with E-state index in [-0.39, 0.29) is 5.56 Å². The first-order chi connectivity index (χ1) is 18.3. The summed E-state index contributed by atoms with van der Waals surface area (Å²) in [5.74, 6) is -14.1. The number of aromatic hydroxyl groups is 1. The number of carbonyl (C=O) groups excluding carboxylic acids is 3. The fourth-order valence-corrected chi connectivity index (χ4v) is 6.81. The lowest BCUT2D eigenvalue weighted by molar-refractivity contribution is -0.237. The first-order valence-corrected chi connectivity index (χ1v) is 12.5. The molecule has 1 saturated carbocycles. The van der Waals surface area contributed by atoms with Crippen LogP contribution in [0.25, 0.3) is 5.76 Å². The molecule has 0 bridgehead atoms. The number of carbonyl (C=O) groups is 3. The van der Waals surface area contributed by atoms with Crippen molar-refractivity contribution in [2.45, 2.75) is 35.1 Å². The van der Waals surface area contributed by atoms with Gasteiger partial charge >= 0.3 is 11.4 Å². The molecule has 0 heterocycles. The lowest BCUT2D eigenvalue weighted by Crippen LogP contribution is -2.70. The average molecular weight is 595 g/mol. The van der Waals surface area contributed by atoms with Crippen molar-refractivity contribution in [3.8, 4) is 5.75 Å². The number of phenolic OH excluding ortho intramolecular Hbond substituents is 1. The van der Waals surface area contributed by atoms with Gasteiger partial charge in [0, 0.05) is 23.2 Å². The summed E-state index contributed by atoms with van der Waals surface area (Å²) in [7, 11) is 2.52. The van der Waals surface area contributed by atoms with Crippen molar-refractivity contribution >= 4 is 35.0 Å². The van der Waals surface area contributed by atoms with E-state index in [9.17, 15) is 61.9 Å². The minimum Gasteiger partial charge on any atom is -0.508 e. The van der Waals surface area contributed by atoms with Crippen LogP contribution in [0.2, 0.25) is 0 Å². The Morgan fingerprint density at radius 1 is 1.12 bits per heavy atom. The highest BCUT2D eigenvalue weighted by molar-refractivity contribution is 8.00. The first-order valence-electron chi connectivity index (χ1n) is 11.5. The Labute approximate surface area is 226 Å². The summed E-state index contributed by atoms with van der Waals surface area (Å²) < 4.78 is 66.8.